The van der Waals surface area contributed by atoms with E-state index >= 15 is 0 Å². The summed E-state index contributed by atoms with van der Waals surface area (Å²) in [6, 6.07) is 4.26. The van der Waals surface area contributed by atoms with Crippen LogP contribution in [0.25, 0.3) is 9.15 Å². The standard InChI is InChI=1S/C15H13IO2/c1-15(2)4-3-8-9-5-11-12(18-7-17-11)6-10(9)14(16)13(8)15/h3,5-6H,4,7H2,1-2H3. The molecule has 92 valence electrons. The van der Waals surface area contributed by atoms with E-state index in [1.165, 1.54) is 25.9 Å². The van der Waals surface area contributed by atoms with Gasteiger partial charge >= 0.3 is 0 Å². The Morgan fingerprint density at radius 3 is 2.50 bits per heavy atom. The molecule has 0 saturated carbocycles. The Morgan fingerprint density at radius 1 is 1.11 bits per heavy atom. The van der Waals surface area contributed by atoms with Gasteiger partial charge in [-0.25, -0.2) is 0 Å². The van der Waals surface area contributed by atoms with E-state index in [-0.39, 0.29) is 5.41 Å². The second-order valence-electron chi connectivity index (χ2n) is 5.65. The zero-order valence-corrected chi connectivity index (χ0v) is 12.5. The molecule has 3 heteroatoms. The molecule has 2 nitrogen and oxygen atoms in total. The van der Waals surface area contributed by atoms with Gasteiger partial charge in [0.1, 0.15) is 0 Å². The zero-order chi connectivity index (χ0) is 12.5. The Hall–Kier alpha value is -0.970. The van der Waals surface area contributed by atoms with Crippen LogP contribution in [-0.4, -0.2) is 6.79 Å². The molecule has 1 heterocycles. The minimum atomic E-state index is 0.247. The van der Waals surface area contributed by atoms with Crippen LogP contribution in [0.5, 0.6) is 11.5 Å². The summed E-state index contributed by atoms with van der Waals surface area (Å²) in [4.78, 5) is 0. The Morgan fingerprint density at radius 2 is 1.78 bits per heavy atom. The predicted molar refractivity (Wildman–Crippen MR) is 79.9 cm³/mol. The molecule has 0 bridgehead atoms. The van der Waals surface area contributed by atoms with E-state index in [0.29, 0.717) is 6.79 Å². The van der Waals surface area contributed by atoms with Crippen molar-refractivity contribution in [3.05, 3.63) is 34.9 Å². The fourth-order valence-electron chi connectivity index (χ4n) is 3.07. The van der Waals surface area contributed by atoms with Crippen molar-refractivity contribution in [2.45, 2.75) is 20.3 Å². The van der Waals surface area contributed by atoms with E-state index in [1.54, 1.807) is 0 Å². The van der Waals surface area contributed by atoms with Crippen LogP contribution in [-0.2, 0) is 0 Å². The topological polar surface area (TPSA) is 18.5 Å². The largest absolute Gasteiger partial charge is 0.454 e. The lowest BCUT2D eigenvalue weighted by Gasteiger charge is -2.20. The van der Waals surface area contributed by atoms with Crippen LogP contribution in [0.15, 0.2) is 23.8 Å². The van der Waals surface area contributed by atoms with Gasteiger partial charge in [0, 0.05) is 3.58 Å². The van der Waals surface area contributed by atoms with Gasteiger partial charge in [-0.3, -0.25) is 0 Å². The first-order chi connectivity index (χ1) is 8.58. The Bertz CT molecular complexity index is 638. The van der Waals surface area contributed by atoms with E-state index in [9.17, 15) is 0 Å². The molecule has 0 amide bonds. The minimum Gasteiger partial charge on any atom is -0.454 e. The smallest absolute Gasteiger partial charge is 0.231 e. The van der Waals surface area contributed by atoms with Gasteiger partial charge in [0.05, 0.1) is 0 Å². The van der Waals surface area contributed by atoms with Gasteiger partial charge in [-0.2, -0.15) is 0 Å². The molecule has 18 heavy (non-hydrogen) atoms. The number of benzene rings is 1. The highest BCUT2D eigenvalue weighted by molar-refractivity contribution is 14.1. The predicted octanol–water partition coefficient (Wildman–Crippen LogP) is 4.39. The number of hydrogen-bond donors (Lipinski definition) is 0. The number of ether oxygens (including phenoxy) is 2. The quantitative estimate of drug-likeness (QED) is 0.645. The van der Waals surface area contributed by atoms with Gasteiger partial charge in [-0.1, -0.05) is 19.9 Å². The van der Waals surface area contributed by atoms with Gasteiger partial charge in [0.2, 0.25) is 6.79 Å². The fraction of sp³-hybridized carbons (Fsp3) is 0.333. The second-order valence-corrected chi connectivity index (χ2v) is 6.72. The van der Waals surface area contributed by atoms with Crippen LogP contribution in [0.4, 0.5) is 0 Å². The molecule has 0 unspecified atom stereocenters. The highest BCUT2D eigenvalue weighted by atomic mass is 127. The van der Waals surface area contributed by atoms with Crippen molar-refractivity contribution >= 4 is 31.7 Å². The van der Waals surface area contributed by atoms with Gasteiger partial charge < -0.3 is 9.47 Å². The van der Waals surface area contributed by atoms with E-state index in [1.807, 2.05) is 0 Å². The Balaban J connectivity index is 1.99. The fourth-order valence-corrected chi connectivity index (χ4v) is 4.53. The third-order valence-corrected chi connectivity index (χ3v) is 5.14. The lowest BCUT2D eigenvalue weighted by molar-refractivity contribution is 0.174. The van der Waals surface area contributed by atoms with E-state index in [0.717, 1.165) is 17.9 Å². The molecule has 2 aliphatic carbocycles. The van der Waals surface area contributed by atoms with Gasteiger partial charge in [-0.05, 0) is 68.8 Å². The Labute approximate surface area is 120 Å². The first kappa shape index (κ1) is 10.9. The monoisotopic (exact) mass is 352 g/mol. The molecule has 3 aliphatic rings. The van der Waals surface area contributed by atoms with Crippen LogP contribution < -0.4 is 9.47 Å². The van der Waals surface area contributed by atoms with Crippen LogP contribution in [0, 0.1) is 5.41 Å². The van der Waals surface area contributed by atoms with Crippen molar-refractivity contribution < 1.29 is 9.47 Å². The van der Waals surface area contributed by atoms with Gasteiger partial charge in [-0.15, -0.1) is 0 Å². The average Bonchev–Trinajstić information content (AvgIpc) is 2.95. The first-order valence-corrected chi connectivity index (χ1v) is 7.21. The summed E-state index contributed by atoms with van der Waals surface area (Å²) in [5.74, 6) is 1.76. The lowest BCUT2D eigenvalue weighted by Crippen LogP contribution is -2.08. The first-order valence-electron chi connectivity index (χ1n) is 6.13. The zero-order valence-electron chi connectivity index (χ0n) is 10.3. The number of allylic oxidation sites excluding steroid dienone is 3. The lowest BCUT2D eigenvalue weighted by atomic mass is 9.85. The van der Waals surface area contributed by atoms with Crippen molar-refractivity contribution in [3.63, 3.8) is 0 Å². The van der Waals surface area contributed by atoms with Crippen molar-refractivity contribution in [1.82, 2.24) is 0 Å². The number of rotatable bonds is 0. The van der Waals surface area contributed by atoms with E-state index < -0.39 is 0 Å². The maximum absolute atomic E-state index is 5.49. The molecule has 0 radical (unpaired) electrons. The summed E-state index contributed by atoms with van der Waals surface area (Å²) in [6.45, 7) is 4.98. The summed E-state index contributed by atoms with van der Waals surface area (Å²) in [6.07, 6.45) is 3.49. The molecule has 0 fully saturated rings. The third-order valence-electron chi connectivity index (χ3n) is 4.02. The molecular formula is C15H13IO2. The maximum atomic E-state index is 5.49. The van der Waals surface area contributed by atoms with Crippen molar-refractivity contribution in [2.75, 3.05) is 6.79 Å². The van der Waals surface area contributed by atoms with E-state index in [4.69, 9.17) is 9.47 Å². The summed E-state index contributed by atoms with van der Waals surface area (Å²) in [7, 11) is 0. The summed E-state index contributed by atoms with van der Waals surface area (Å²) < 4.78 is 12.3. The molecule has 1 aromatic carbocycles. The number of fused-ring (bicyclic) bond motifs is 4. The van der Waals surface area contributed by atoms with Crippen LogP contribution in [0.2, 0.25) is 0 Å². The van der Waals surface area contributed by atoms with Gasteiger partial charge in [0.15, 0.2) is 11.5 Å². The molecule has 4 rings (SSSR count). The molecule has 0 spiro atoms. The SMILES string of the molecule is CC1(C)CC=C2C1=C(I)c1cc3c(cc12)OCO3. The molecule has 0 saturated heterocycles. The van der Waals surface area contributed by atoms with Crippen molar-refractivity contribution in [1.29, 1.82) is 0 Å². The molecule has 0 aromatic heterocycles. The average molecular weight is 352 g/mol. The number of hydrogen-bond acceptors (Lipinski definition) is 2. The second kappa shape index (κ2) is 3.32. The molecule has 1 aliphatic heterocycles. The van der Waals surface area contributed by atoms with Crippen molar-refractivity contribution in [3.8, 4) is 11.5 Å². The highest BCUT2D eigenvalue weighted by Crippen LogP contribution is 2.58. The van der Waals surface area contributed by atoms with Crippen LogP contribution >= 0.6 is 22.6 Å². The molecule has 0 atom stereocenters. The van der Waals surface area contributed by atoms with E-state index in [2.05, 4.69) is 54.6 Å². The van der Waals surface area contributed by atoms with Crippen LogP contribution in [0.1, 0.15) is 31.4 Å². The Kier molecular flexibility index (Phi) is 2.01. The third kappa shape index (κ3) is 1.23. The van der Waals surface area contributed by atoms with Crippen molar-refractivity contribution in [2.24, 2.45) is 5.41 Å². The summed E-state index contributed by atoms with van der Waals surface area (Å²) in [5, 5.41) is 0. The summed E-state index contributed by atoms with van der Waals surface area (Å²) >= 11 is 2.47. The normalized spacial score (nSPS) is 22.1. The maximum Gasteiger partial charge on any atom is 0.231 e. The molecule has 1 aromatic rings. The number of halogens is 1. The minimum absolute atomic E-state index is 0.247. The van der Waals surface area contributed by atoms with Crippen LogP contribution in [0.3, 0.4) is 0 Å². The van der Waals surface area contributed by atoms with Gasteiger partial charge in [0.25, 0.3) is 0 Å². The molecule has 0 N–H and O–H groups in total. The summed E-state index contributed by atoms with van der Waals surface area (Å²) in [5.41, 5.74) is 5.74. The molecular weight excluding hydrogens is 339 g/mol. The highest BCUT2D eigenvalue weighted by Gasteiger charge is 2.39.